The van der Waals surface area contributed by atoms with Gasteiger partial charge in [-0.15, -0.1) is 0 Å². The Kier molecular flexibility index (Phi) is 3.72. The van der Waals surface area contributed by atoms with E-state index in [-0.39, 0.29) is 18.7 Å². The number of carbonyl (C=O) groups is 1. The van der Waals surface area contributed by atoms with E-state index in [1.807, 2.05) is 13.8 Å². The summed E-state index contributed by atoms with van der Waals surface area (Å²) < 4.78 is 0. The summed E-state index contributed by atoms with van der Waals surface area (Å²) in [6.45, 7) is 6.72. The van der Waals surface area contributed by atoms with Crippen molar-refractivity contribution in [2.75, 3.05) is 6.73 Å². The number of amides is 1. The van der Waals surface area contributed by atoms with E-state index >= 15 is 0 Å². The fourth-order valence-corrected chi connectivity index (χ4v) is 0.605. The van der Waals surface area contributed by atoms with Crippen molar-refractivity contribution in [3.63, 3.8) is 0 Å². The predicted molar refractivity (Wildman–Crippen MR) is 39.3 cm³/mol. The number of hydrogen-bond donors (Lipinski definition) is 1. The van der Waals surface area contributed by atoms with E-state index in [1.54, 1.807) is 0 Å². The van der Waals surface area contributed by atoms with Crippen LogP contribution in [-0.2, 0) is 4.79 Å². The summed E-state index contributed by atoms with van der Waals surface area (Å²) in [5, 5.41) is 8.66. The summed E-state index contributed by atoms with van der Waals surface area (Å²) in [6.07, 6.45) is 1.19. The molecule has 0 saturated heterocycles. The molecule has 1 amide bonds. The van der Waals surface area contributed by atoms with Gasteiger partial charge in [-0.05, 0) is 19.9 Å². The molecule has 0 aromatic heterocycles. The molecule has 0 atom stereocenters. The maximum absolute atomic E-state index is 10.8. The molecule has 0 saturated carbocycles. The Morgan fingerprint density at radius 2 is 2.30 bits per heavy atom. The lowest BCUT2D eigenvalue weighted by atomic mass is 10.3. The molecule has 3 nitrogen and oxygen atoms in total. The van der Waals surface area contributed by atoms with Gasteiger partial charge in [0.2, 0.25) is 5.91 Å². The van der Waals surface area contributed by atoms with Crippen LogP contribution in [0.2, 0.25) is 0 Å². The van der Waals surface area contributed by atoms with Gasteiger partial charge in [0, 0.05) is 6.04 Å². The Labute approximate surface area is 61.0 Å². The largest absolute Gasteiger partial charge is 0.376 e. The van der Waals surface area contributed by atoms with Crippen LogP contribution < -0.4 is 0 Å². The zero-order valence-corrected chi connectivity index (χ0v) is 6.37. The van der Waals surface area contributed by atoms with Gasteiger partial charge in [-0.25, -0.2) is 0 Å². The lowest BCUT2D eigenvalue weighted by molar-refractivity contribution is -0.131. The Balaban J connectivity index is 4.06. The van der Waals surface area contributed by atoms with Crippen molar-refractivity contribution in [3.8, 4) is 0 Å². The summed E-state index contributed by atoms with van der Waals surface area (Å²) in [6, 6.07) is 0.0236. The van der Waals surface area contributed by atoms with Gasteiger partial charge in [0.05, 0.1) is 0 Å². The maximum Gasteiger partial charge on any atom is 0.248 e. The number of hydrogen-bond acceptors (Lipinski definition) is 2. The van der Waals surface area contributed by atoms with Crippen LogP contribution in [0.25, 0.3) is 0 Å². The molecule has 0 unspecified atom stereocenters. The number of aliphatic hydroxyl groups excluding tert-OH is 1. The van der Waals surface area contributed by atoms with Crippen molar-refractivity contribution < 1.29 is 9.90 Å². The average Bonchev–Trinajstić information content (AvgIpc) is 1.88. The third-order valence-electron chi connectivity index (χ3n) is 1.23. The smallest absolute Gasteiger partial charge is 0.248 e. The number of aliphatic hydroxyl groups is 1. The highest BCUT2D eigenvalue weighted by molar-refractivity contribution is 5.87. The first-order valence-electron chi connectivity index (χ1n) is 3.17. The average molecular weight is 143 g/mol. The third-order valence-corrected chi connectivity index (χ3v) is 1.23. The van der Waals surface area contributed by atoms with Crippen LogP contribution >= 0.6 is 0 Å². The van der Waals surface area contributed by atoms with Gasteiger partial charge >= 0.3 is 0 Å². The molecule has 0 aromatic carbocycles. The van der Waals surface area contributed by atoms with Crippen LogP contribution in [0.5, 0.6) is 0 Å². The number of carbonyl (C=O) groups excluding carboxylic acids is 1. The van der Waals surface area contributed by atoms with Crippen molar-refractivity contribution in [1.82, 2.24) is 4.90 Å². The molecule has 1 N–H and O–H groups in total. The van der Waals surface area contributed by atoms with Gasteiger partial charge in [-0.1, -0.05) is 6.58 Å². The molecule has 0 fully saturated rings. The quantitative estimate of drug-likeness (QED) is 0.457. The Morgan fingerprint density at radius 3 is 2.40 bits per heavy atom. The van der Waals surface area contributed by atoms with Gasteiger partial charge in [0.1, 0.15) is 6.73 Å². The van der Waals surface area contributed by atoms with Crippen molar-refractivity contribution in [1.29, 1.82) is 0 Å². The molecule has 0 rings (SSSR count). The highest BCUT2D eigenvalue weighted by Gasteiger charge is 2.10. The fourth-order valence-electron chi connectivity index (χ4n) is 0.605. The van der Waals surface area contributed by atoms with E-state index in [0.717, 1.165) is 0 Å². The molecule has 58 valence electrons. The summed E-state index contributed by atoms with van der Waals surface area (Å²) >= 11 is 0. The summed E-state index contributed by atoms with van der Waals surface area (Å²) in [4.78, 5) is 12.1. The van der Waals surface area contributed by atoms with Crippen molar-refractivity contribution >= 4 is 5.91 Å². The minimum Gasteiger partial charge on any atom is -0.376 e. The molecule has 0 aliphatic carbocycles. The molecule has 0 radical (unpaired) electrons. The zero-order chi connectivity index (χ0) is 8.15. The first-order chi connectivity index (χ1) is 4.63. The van der Waals surface area contributed by atoms with Crippen LogP contribution in [0.4, 0.5) is 0 Å². The van der Waals surface area contributed by atoms with Crippen LogP contribution in [0.1, 0.15) is 13.8 Å². The highest BCUT2D eigenvalue weighted by Crippen LogP contribution is 1.96. The van der Waals surface area contributed by atoms with E-state index in [0.29, 0.717) is 0 Å². The fraction of sp³-hybridized carbons (Fsp3) is 0.571. The van der Waals surface area contributed by atoms with Gasteiger partial charge in [-0.3, -0.25) is 4.79 Å². The molecule has 0 spiro atoms. The van der Waals surface area contributed by atoms with Gasteiger partial charge in [0.15, 0.2) is 0 Å². The minimum absolute atomic E-state index is 0.0236. The number of nitrogens with zero attached hydrogens (tertiary/aromatic N) is 1. The summed E-state index contributed by atoms with van der Waals surface area (Å²) in [5.41, 5.74) is 0. The third kappa shape index (κ3) is 2.19. The monoisotopic (exact) mass is 143 g/mol. The van der Waals surface area contributed by atoms with E-state index in [4.69, 9.17) is 5.11 Å². The Hall–Kier alpha value is -0.830. The molecule has 0 heterocycles. The van der Waals surface area contributed by atoms with Gasteiger partial charge < -0.3 is 10.0 Å². The van der Waals surface area contributed by atoms with Gasteiger partial charge in [-0.2, -0.15) is 0 Å². The summed E-state index contributed by atoms with van der Waals surface area (Å²) in [7, 11) is 0. The van der Waals surface area contributed by atoms with Crippen molar-refractivity contribution in [3.05, 3.63) is 12.7 Å². The molecular formula is C7H13NO2. The lowest BCUT2D eigenvalue weighted by Gasteiger charge is -2.21. The molecule has 0 bridgehead atoms. The molecular weight excluding hydrogens is 130 g/mol. The highest BCUT2D eigenvalue weighted by atomic mass is 16.3. The normalized spacial score (nSPS) is 9.60. The standard InChI is InChI=1S/C7H13NO2/c1-4-7(10)8(5-9)6(2)3/h4,6,9H,1,5H2,2-3H3. The SMILES string of the molecule is C=CC(=O)N(CO)C(C)C. The second-order valence-corrected chi connectivity index (χ2v) is 2.25. The van der Waals surface area contributed by atoms with Gasteiger partial charge in [0.25, 0.3) is 0 Å². The minimum atomic E-state index is -0.248. The second kappa shape index (κ2) is 4.06. The van der Waals surface area contributed by atoms with E-state index in [9.17, 15) is 4.79 Å². The Morgan fingerprint density at radius 1 is 1.80 bits per heavy atom. The zero-order valence-electron chi connectivity index (χ0n) is 6.37. The molecule has 0 aliphatic heterocycles. The van der Waals surface area contributed by atoms with E-state index in [1.165, 1.54) is 11.0 Å². The van der Waals surface area contributed by atoms with Crippen molar-refractivity contribution in [2.24, 2.45) is 0 Å². The molecule has 10 heavy (non-hydrogen) atoms. The topological polar surface area (TPSA) is 40.5 Å². The molecule has 3 heteroatoms. The van der Waals surface area contributed by atoms with Crippen LogP contribution in [0.15, 0.2) is 12.7 Å². The first-order valence-corrected chi connectivity index (χ1v) is 3.17. The predicted octanol–water partition coefficient (Wildman–Crippen LogP) is 0.359. The maximum atomic E-state index is 10.8. The second-order valence-electron chi connectivity index (χ2n) is 2.25. The van der Waals surface area contributed by atoms with Crippen LogP contribution in [0.3, 0.4) is 0 Å². The van der Waals surface area contributed by atoms with Crippen LogP contribution in [-0.4, -0.2) is 28.7 Å². The van der Waals surface area contributed by atoms with Crippen LogP contribution in [0, 0.1) is 0 Å². The Bertz CT molecular complexity index is 132. The first kappa shape index (κ1) is 9.17. The molecule has 0 aromatic rings. The van der Waals surface area contributed by atoms with E-state index < -0.39 is 0 Å². The number of rotatable bonds is 3. The van der Waals surface area contributed by atoms with Crippen molar-refractivity contribution in [2.45, 2.75) is 19.9 Å². The summed E-state index contributed by atoms with van der Waals surface area (Å²) in [5.74, 6) is -0.238. The lowest BCUT2D eigenvalue weighted by Crippen LogP contribution is -2.36. The van der Waals surface area contributed by atoms with E-state index in [2.05, 4.69) is 6.58 Å². The molecule has 0 aliphatic rings.